The zero-order valence-corrected chi connectivity index (χ0v) is 11.2. The van der Waals surface area contributed by atoms with E-state index in [2.05, 4.69) is 10.1 Å². The van der Waals surface area contributed by atoms with Crippen LogP contribution < -0.4 is 0 Å². The molecule has 0 spiro atoms. The van der Waals surface area contributed by atoms with Crippen molar-refractivity contribution in [3.8, 4) is 0 Å². The normalized spacial score (nSPS) is 20.6. The van der Waals surface area contributed by atoms with Crippen molar-refractivity contribution in [1.82, 2.24) is 10.1 Å². The molecule has 4 nitrogen and oxygen atoms in total. The molecule has 0 radical (unpaired) electrons. The molecule has 1 aromatic heterocycles. The molecular formula is C12H20N2O2S. The first-order valence-corrected chi connectivity index (χ1v) is 7.34. The number of hydrogen-bond donors (Lipinski definition) is 1. The summed E-state index contributed by atoms with van der Waals surface area (Å²) < 4.78 is 5.17. The summed E-state index contributed by atoms with van der Waals surface area (Å²) in [6.45, 7) is 3.63. The van der Waals surface area contributed by atoms with Gasteiger partial charge in [-0.05, 0) is 19.8 Å². The first-order valence-electron chi connectivity index (χ1n) is 6.29. The highest BCUT2D eigenvalue weighted by Crippen LogP contribution is 2.31. The number of hydrogen-bond acceptors (Lipinski definition) is 5. The predicted octanol–water partition coefficient (Wildman–Crippen LogP) is 2.73. The molecular weight excluding hydrogens is 236 g/mol. The van der Waals surface area contributed by atoms with Crippen LogP contribution in [0.4, 0.5) is 0 Å². The summed E-state index contributed by atoms with van der Waals surface area (Å²) in [5, 5.41) is 14.2. The molecule has 2 atom stereocenters. The third kappa shape index (κ3) is 3.45. The Hall–Kier alpha value is -0.550. The molecule has 0 aliphatic heterocycles. The molecule has 0 saturated heterocycles. The van der Waals surface area contributed by atoms with E-state index in [9.17, 15) is 5.11 Å². The van der Waals surface area contributed by atoms with E-state index in [-0.39, 0.29) is 5.92 Å². The molecule has 0 bridgehead atoms. The monoisotopic (exact) mass is 256 g/mol. The van der Waals surface area contributed by atoms with E-state index >= 15 is 0 Å². The molecule has 1 heterocycles. The molecule has 0 aromatic carbocycles. The maximum absolute atomic E-state index is 9.45. The van der Waals surface area contributed by atoms with Gasteiger partial charge in [-0.15, -0.1) is 0 Å². The van der Waals surface area contributed by atoms with Gasteiger partial charge >= 0.3 is 0 Å². The number of thioether (sulfide) groups is 1. The third-order valence-electron chi connectivity index (χ3n) is 3.35. The zero-order valence-electron chi connectivity index (χ0n) is 10.4. The number of aromatic nitrogens is 2. The SMILES string of the molecule is CC(O)C(C)c1nc(CSC2CCCC2)no1. The second kappa shape index (κ2) is 5.87. The molecule has 0 amide bonds. The molecule has 1 aliphatic carbocycles. The lowest BCUT2D eigenvalue weighted by atomic mass is 10.1. The Bertz CT molecular complexity index is 348. The minimum atomic E-state index is -0.453. The maximum Gasteiger partial charge on any atom is 0.232 e. The standard InChI is InChI=1S/C12H20N2O2S/c1-8(9(2)15)12-13-11(14-16-12)7-17-10-5-3-4-6-10/h8-10,15H,3-7H2,1-2H3. The average Bonchev–Trinajstić information content (AvgIpc) is 2.96. The number of rotatable bonds is 5. The van der Waals surface area contributed by atoms with Crippen molar-refractivity contribution in [3.63, 3.8) is 0 Å². The van der Waals surface area contributed by atoms with Crippen molar-refractivity contribution in [1.29, 1.82) is 0 Å². The van der Waals surface area contributed by atoms with Gasteiger partial charge in [0.15, 0.2) is 5.82 Å². The second-order valence-corrected chi connectivity index (χ2v) is 6.08. The molecule has 1 saturated carbocycles. The lowest BCUT2D eigenvalue weighted by Crippen LogP contribution is -2.11. The highest BCUT2D eigenvalue weighted by molar-refractivity contribution is 7.99. The third-order valence-corrected chi connectivity index (χ3v) is 4.71. The smallest absolute Gasteiger partial charge is 0.232 e. The Labute approximate surface area is 106 Å². The molecule has 17 heavy (non-hydrogen) atoms. The summed E-state index contributed by atoms with van der Waals surface area (Å²) >= 11 is 1.92. The molecule has 96 valence electrons. The van der Waals surface area contributed by atoms with Crippen molar-refractivity contribution in [3.05, 3.63) is 11.7 Å². The fourth-order valence-corrected chi connectivity index (χ4v) is 3.13. The van der Waals surface area contributed by atoms with Crippen LogP contribution in [0.15, 0.2) is 4.52 Å². The van der Waals surface area contributed by atoms with Crippen molar-refractivity contribution in [2.45, 2.75) is 62.6 Å². The van der Waals surface area contributed by atoms with Crippen LogP contribution in [0.1, 0.15) is 57.2 Å². The first kappa shape index (κ1) is 12.9. The van der Waals surface area contributed by atoms with E-state index in [1.54, 1.807) is 6.92 Å². The minimum Gasteiger partial charge on any atom is -0.393 e. The van der Waals surface area contributed by atoms with E-state index in [1.165, 1.54) is 25.7 Å². The highest BCUT2D eigenvalue weighted by Gasteiger charge is 2.20. The number of aliphatic hydroxyl groups excluding tert-OH is 1. The Morgan fingerprint density at radius 2 is 2.12 bits per heavy atom. The highest BCUT2D eigenvalue weighted by atomic mass is 32.2. The largest absolute Gasteiger partial charge is 0.393 e. The summed E-state index contributed by atoms with van der Waals surface area (Å²) in [6, 6.07) is 0. The average molecular weight is 256 g/mol. The van der Waals surface area contributed by atoms with Gasteiger partial charge in [-0.1, -0.05) is 24.9 Å². The zero-order chi connectivity index (χ0) is 12.3. The van der Waals surface area contributed by atoms with Crippen LogP contribution in [0, 0.1) is 0 Å². The summed E-state index contributed by atoms with van der Waals surface area (Å²) in [5.74, 6) is 2.03. The molecule has 2 rings (SSSR count). The lowest BCUT2D eigenvalue weighted by molar-refractivity contribution is 0.151. The molecule has 1 aliphatic rings. The quantitative estimate of drug-likeness (QED) is 0.877. The van der Waals surface area contributed by atoms with E-state index in [4.69, 9.17) is 4.52 Å². The Kier molecular flexibility index (Phi) is 4.45. The van der Waals surface area contributed by atoms with Gasteiger partial charge in [-0.3, -0.25) is 0 Å². The fraction of sp³-hybridized carbons (Fsp3) is 0.833. The van der Waals surface area contributed by atoms with Crippen molar-refractivity contribution in [2.75, 3.05) is 0 Å². The van der Waals surface area contributed by atoms with Gasteiger partial charge < -0.3 is 9.63 Å². The Balaban J connectivity index is 1.85. The van der Waals surface area contributed by atoms with Crippen LogP contribution in [0.5, 0.6) is 0 Å². The van der Waals surface area contributed by atoms with Gasteiger partial charge in [0.1, 0.15) is 0 Å². The molecule has 2 unspecified atom stereocenters. The number of aliphatic hydroxyl groups is 1. The minimum absolute atomic E-state index is 0.0901. The van der Waals surface area contributed by atoms with Crippen LogP contribution >= 0.6 is 11.8 Å². The predicted molar refractivity (Wildman–Crippen MR) is 67.9 cm³/mol. The van der Waals surface area contributed by atoms with Gasteiger partial charge in [-0.25, -0.2) is 0 Å². The molecule has 1 N–H and O–H groups in total. The summed E-state index contributed by atoms with van der Waals surface area (Å²) in [5.41, 5.74) is 0. The van der Waals surface area contributed by atoms with E-state index in [1.807, 2.05) is 18.7 Å². The van der Waals surface area contributed by atoms with Crippen LogP contribution in [-0.4, -0.2) is 26.6 Å². The molecule has 1 fully saturated rings. The lowest BCUT2D eigenvalue weighted by Gasteiger charge is -2.08. The van der Waals surface area contributed by atoms with E-state index in [0.717, 1.165) is 16.8 Å². The topological polar surface area (TPSA) is 59.2 Å². The van der Waals surface area contributed by atoms with Gasteiger partial charge in [0.2, 0.25) is 5.89 Å². The van der Waals surface area contributed by atoms with Crippen LogP contribution in [0.3, 0.4) is 0 Å². The Morgan fingerprint density at radius 1 is 1.41 bits per heavy atom. The van der Waals surface area contributed by atoms with E-state index < -0.39 is 6.10 Å². The van der Waals surface area contributed by atoms with Gasteiger partial charge in [0.25, 0.3) is 0 Å². The maximum atomic E-state index is 9.45. The number of nitrogens with zero attached hydrogens (tertiary/aromatic N) is 2. The summed E-state index contributed by atoms with van der Waals surface area (Å²) in [6.07, 6.45) is 4.90. The Morgan fingerprint density at radius 3 is 2.76 bits per heavy atom. The summed E-state index contributed by atoms with van der Waals surface area (Å²) in [7, 11) is 0. The van der Waals surface area contributed by atoms with Gasteiger partial charge in [0.05, 0.1) is 17.8 Å². The van der Waals surface area contributed by atoms with Crippen molar-refractivity contribution >= 4 is 11.8 Å². The summed E-state index contributed by atoms with van der Waals surface area (Å²) in [4.78, 5) is 4.33. The van der Waals surface area contributed by atoms with Crippen LogP contribution in [0.2, 0.25) is 0 Å². The van der Waals surface area contributed by atoms with Gasteiger partial charge in [-0.2, -0.15) is 16.7 Å². The van der Waals surface area contributed by atoms with Crippen LogP contribution in [-0.2, 0) is 5.75 Å². The fourth-order valence-electron chi connectivity index (χ4n) is 1.96. The molecule has 5 heteroatoms. The van der Waals surface area contributed by atoms with Gasteiger partial charge in [0, 0.05) is 5.25 Å². The second-order valence-electron chi connectivity index (χ2n) is 4.80. The van der Waals surface area contributed by atoms with Crippen molar-refractivity contribution < 1.29 is 9.63 Å². The molecule has 1 aromatic rings. The first-order chi connectivity index (χ1) is 8.16. The van der Waals surface area contributed by atoms with E-state index in [0.29, 0.717) is 5.89 Å². The van der Waals surface area contributed by atoms with Crippen LogP contribution in [0.25, 0.3) is 0 Å². The van der Waals surface area contributed by atoms with Crippen molar-refractivity contribution in [2.24, 2.45) is 0 Å².